The molecule has 214 valence electrons. The van der Waals surface area contributed by atoms with Crippen molar-refractivity contribution in [2.45, 2.75) is 54.9 Å². The first kappa shape index (κ1) is 26.9. The van der Waals surface area contributed by atoms with Crippen molar-refractivity contribution in [3.63, 3.8) is 0 Å². The fourth-order valence-corrected chi connectivity index (χ4v) is 9.25. The third-order valence-corrected chi connectivity index (χ3v) is 11.6. The molecule has 2 aromatic carbocycles. The first-order valence-corrected chi connectivity index (χ1v) is 16.5. The molecule has 3 aliphatic heterocycles. The number of anilines is 1. The van der Waals surface area contributed by atoms with E-state index in [0.29, 0.717) is 6.04 Å². The van der Waals surface area contributed by atoms with Crippen molar-refractivity contribution < 1.29 is 8.60 Å². The Morgan fingerprint density at radius 1 is 0.976 bits per heavy atom. The summed E-state index contributed by atoms with van der Waals surface area (Å²) < 4.78 is 32.5. The molecule has 10 heteroatoms. The molecular formula is C31H35FN6OS2. The van der Waals surface area contributed by atoms with Crippen molar-refractivity contribution in [1.29, 1.82) is 0 Å². The lowest BCUT2D eigenvalue weighted by Crippen LogP contribution is -2.50. The lowest BCUT2D eigenvalue weighted by molar-refractivity contribution is 0.231. The predicted molar refractivity (Wildman–Crippen MR) is 162 cm³/mol. The van der Waals surface area contributed by atoms with Gasteiger partial charge in [-0.2, -0.15) is 0 Å². The highest BCUT2D eigenvalue weighted by molar-refractivity contribution is 7.85. The lowest BCUT2D eigenvalue weighted by atomic mass is 9.97. The summed E-state index contributed by atoms with van der Waals surface area (Å²) in [6.07, 6.45) is 10.9. The Morgan fingerprint density at radius 3 is 2.73 bits per heavy atom. The molecule has 0 spiro atoms. The maximum absolute atomic E-state index is 14.0. The summed E-state index contributed by atoms with van der Waals surface area (Å²) in [5, 5.41) is 1.00. The summed E-state index contributed by atoms with van der Waals surface area (Å²) in [4.78, 5) is 14.2. The van der Waals surface area contributed by atoms with Crippen LogP contribution in [0.4, 0.5) is 9.52 Å². The Hall–Kier alpha value is -2.92. The largest absolute Gasteiger partial charge is 0.345 e. The fourth-order valence-electron chi connectivity index (χ4n) is 6.65. The van der Waals surface area contributed by atoms with E-state index in [2.05, 4.69) is 47.9 Å². The number of aryl methyl sites for hydroxylation is 2. The maximum atomic E-state index is 14.0. The molecule has 0 N–H and O–H groups in total. The molecule has 41 heavy (non-hydrogen) atoms. The number of thiazole rings is 1. The van der Waals surface area contributed by atoms with Crippen molar-refractivity contribution >= 4 is 27.5 Å². The molecule has 0 radical (unpaired) electrons. The number of fused-ring (bicyclic) bond motifs is 1. The standard InChI is InChI=1S/C31H35FN6OS2/c32-24-11-9-23(10-12-24)13-16-37-22-33-19-29(37)27-7-2-1-6-26(27)28-8-4-15-38(28)41(39)30-20-34-31(40-30)36-18-17-35-14-3-5-25(35)21-36/h1-2,6-7,9-12,19-20,22,25,28H,3-5,8,13-18,21H2. The van der Waals surface area contributed by atoms with Gasteiger partial charge in [-0.15, -0.1) is 0 Å². The molecule has 3 saturated heterocycles. The van der Waals surface area contributed by atoms with Crippen LogP contribution in [-0.2, 0) is 24.0 Å². The van der Waals surface area contributed by atoms with Crippen molar-refractivity contribution in [3.8, 4) is 11.3 Å². The smallest absolute Gasteiger partial charge is 0.186 e. The minimum Gasteiger partial charge on any atom is -0.345 e. The molecule has 3 fully saturated rings. The molecule has 0 amide bonds. The number of aromatic nitrogens is 3. The van der Waals surface area contributed by atoms with Crippen LogP contribution in [0.3, 0.4) is 0 Å². The second kappa shape index (κ2) is 11.8. The first-order chi connectivity index (χ1) is 20.1. The van der Waals surface area contributed by atoms with Crippen molar-refractivity contribution in [2.75, 3.05) is 37.6 Å². The first-order valence-electron chi connectivity index (χ1n) is 14.6. The fraction of sp³-hybridized carbons (Fsp3) is 0.419. The monoisotopic (exact) mass is 590 g/mol. The summed E-state index contributed by atoms with van der Waals surface area (Å²) in [7, 11) is -1.27. The number of piperazine rings is 1. The zero-order chi connectivity index (χ0) is 27.8. The minimum atomic E-state index is -1.27. The van der Waals surface area contributed by atoms with Crippen molar-refractivity contribution in [2.24, 2.45) is 0 Å². The Kier molecular flexibility index (Phi) is 7.73. The maximum Gasteiger partial charge on any atom is 0.186 e. The van der Waals surface area contributed by atoms with Gasteiger partial charge in [0, 0.05) is 50.4 Å². The molecule has 5 heterocycles. The number of hydrogen-bond acceptors (Lipinski definition) is 6. The summed E-state index contributed by atoms with van der Waals surface area (Å²) in [5.74, 6) is -0.217. The Balaban J connectivity index is 1.09. The predicted octanol–water partition coefficient (Wildman–Crippen LogP) is 5.53. The van der Waals surface area contributed by atoms with Gasteiger partial charge in [-0.1, -0.05) is 47.7 Å². The Labute approximate surface area is 247 Å². The van der Waals surface area contributed by atoms with Crippen LogP contribution in [0.5, 0.6) is 0 Å². The highest BCUT2D eigenvalue weighted by atomic mass is 32.2. The molecule has 3 unspecified atom stereocenters. The minimum absolute atomic E-state index is 0.0556. The number of imidazole rings is 1. The Morgan fingerprint density at radius 2 is 1.83 bits per heavy atom. The molecule has 0 bridgehead atoms. The van der Waals surface area contributed by atoms with Gasteiger partial charge in [-0.05, 0) is 61.9 Å². The van der Waals surface area contributed by atoms with E-state index in [4.69, 9.17) is 4.98 Å². The number of benzene rings is 2. The van der Waals surface area contributed by atoms with Crippen LogP contribution >= 0.6 is 11.3 Å². The molecule has 0 saturated carbocycles. The van der Waals surface area contributed by atoms with Crippen molar-refractivity contribution in [3.05, 3.63) is 84.2 Å². The average molecular weight is 591 g/mol. The van der Waals surface area contributed by atoms with Gasteiger partial charge in [0.25, 0.3) is 0 Å². The van der Waals surface area contributed by atoms with Crippen LogP contribution in [0.15, 0.2) is 71.5 Å². The van der Waals surface area contributed by atoms with Gasteiger partial charge in [0.1, 0.15) is 21.0 Å². The van der Waals surface area contributed by atoms with Gasteiger partial charge in [0.15, 0.2) is 5.13 Å². The van der Waals surface area contributed by atoms with E-state index in [1.165, 1.54) is 37.1 Å². The van der Waals surface area contributed by atoms with Crippen LogP contribution in [0.2, 0.25) is 0 Å². The summed E-state index contributed by atoms with van der Waals surface area (Å²) in [6.45, 7) is 5.86. The molecule has 3 atom stereocenters. The third-order valence-electron chi connectivity index (χ3n) is 8.78. The topological polar surface area (TPSA) is 57.5 Å². The van der Waals surface area contributed by atoms with E-state index in [-0.39, 0.29) is 11.9 Å². The SMILES string of the molecule is O=S(c1cnc(N2CCN3CCCC3C2)s1)N1CCCC1c1ccccc1-c1cncn1CCc1ccc(F)cc1. The quantitative estimate of drug-likeness (QED) is 0.270. The number of rotatable bonds is 8. The third kappa shape index (κ3) is 5.50. The summed E-state index contributed by atoms with van der Waals surface area (Å²) in [6, 6.07) is 15.8. The van der Waals surface area contributed by atoms with Crippen LogP contribution in [0.1, 0.15) is 42.9 Å². The summed E-state index contributed by atoms with van der Waals surface area (Å²) in [5.41, 5.74) is 4.44. The second-order valence-electron chi connectivity index (χ2n) is 11.2. The molecule has 7 rings (SSSR count). The van der Waals surface area contributed by atoms with Crippen LogP contribution < -0.4 is 4.90 Å². The van der Waals surface area contributed by atoms with Gasteiger partial charge in [0.2, 0.25) is 0 Å². The van der Waals surface area contributed by atoms with Gasteiger partial charge in [0.05, 0.1) is 24.4 Å². The average Bonchev–Trinajstić information content (AvgIpc) is 3.83. The van der Waals surface area contributed by atoms with Gasteiger partial charge in [-0.3, -0.25) is 4.90 Å². The van der Waals surface area contributed by atoms with Crippen LogP contribution in [-0.4, -0.2) is 66.7 Å². The highest BCUT2D eigenvalue weighted by Gasteiger charge is 2.35. The van der Waals surface area contributed by atoms with Crippen molar-refractivity contribution in [1.82, 2.24) is 23.7 Å². The van der Waals surface area contributed by atoms with Gasteiger partial charge in [-0.25, -0.2) is 22.9 Å². The number of halogens is 1. The zero-order valence-electron chi connectivity index (χ0n) is 23.1. The molecular weight excluding hydrogens is 556 g/mol. The second-order valence-corrected chi connectivity index (χ2v) is 13.9. The number of hydrogen-bond donors (Lipinski definition) is 0. The lowest BCUT2D eigenvalue weighted by Gasteiger charge is -2.37. The van der Waals surface area contributed by atoms with Crippen LogP contribution in [0, 0.1) is 5.82 Å². The van der Waals surface area contributed by atoms with E-state index in [1.54, 1.807) is 11.3 Å². The normalized spacial score (nSPS) is 22.3. The molecule has 3 aliphatic rings. The molecule has 7 nitrogen and oxygen atoms in total. The van der Waals surface area contributed by atoms with Gasteiger partial charge < -0.3 is 9.47 Å². The van der Waals surface area contributed by atoms with E-state index in [1.807, 2.05) is 30.9 Å². The van der Waals surface area contributed by atoms with Gasteiger partial charge >= 0.3 is 0 Å². The van der Waals surface area contributed by atoms with E-state index < -0.39 is 11.0 Å². The highest BCUT2D eigenvalue weighted by Crippen LogP contribution is 2.41. The molecule has 4 aromatic rings. The molecule has 2 aromatic heterocycles. The molecule has 0 aliphatic carbocycles. The summed E-state index contributed by atoms with van der Waals surface area (Å²) >= 11 is 1.59. The van der Waals surface area contributed by atoms with E-state index in [0.717, 1.165) is 78.1 Å². The van der Waals surface area contributed by atoms with E-state index in [9.17, 15) is 8.60 Å². The zero-order valence-corrected chi connectivity index (χ0v) is 24.7. The van der Waals surface area contributed by atoms with E-state index >= 15 is 0 Å². The Bertz CT molecular complexity index is 1520. The number of nitrogens with zero attached hydrogens (tertiary/aromatic N) is 6. The van der Waals surface area contributed by atoms with Crippen LogP contribution in [0.25, 0.3) is 11.3 Å².